The third-order valence-corrected chi connectivity index (χ3v) is 3.53. The fourth-order valence-corrected chi connectivity index (χ4v) is 2.10. The van der Waals surface area contributed by atoms with Crippen molar-refractivity contribution >= 4 is 16.6 Å². The Morgan fingerprint density at radius 1 is 1.17 bits per heavy atom. The molecule has 0 bridgehead atoms. The summed E-state index contributed by atoms with van der Waals surface area (Å²) in [6, 6.07) is 0. The second-order valence-electron chi connectivity index (χ2n) is 4.96. The topological polar surface area (TPSA) is 130 Å². The lowest BCUT2D eigenvalue weighted by molar-refractivity contribution is -0.529. The number of unbranched alkanes of at least 4 members (excludes halogenated alkanes) is 1. The first-order valence-corrected chi connectivity index (χ1v) is 9.18. The summed E-state index contributed by atoms with van der Waals surface area (Å²) in [7, 11) is -4.50. The lowest BCUT2D eigenvalue weighted by Gasteiger charge is -2.15. The molecule has 0 aliphatic carbocycles. The van der Waals surface area contributed by atoms with E-state index in [-0.39, 0.29) is 32.3 Å². The largest absolute Gasteiger partial charge is 0.726 e. The van der Waals surface area contributed by atoms with Gasteiger partial charge in [-0.05, 0) is 12.3 Å². The first kappa shape index (κ1) is 24.7. The minimum atomic E-state index is -4.50. The summed E-state index contributed by atoms with van der Waals surface area (Å²) in [5.74, 6) is 0.184. The van der Waals surface area contributed by atoms with E-state index < -0.39 is 10.4 Å². The Bertz CT molecular complexity index is 377. The first-order chi connectivity index (χ1) is 10.8. The Kier molecular flexibility index (Phi) is 17.5. The van der Waals surface area contributed by atoms with Crippen LogP contribution in [0.15, 0.2) is 0 Å². The Hall–Kier alpha value is -0.580. The second kappa shape index (κ2) is 16.3. The van der Waals surface area contributed by atoms with Crippen molar-refractivity contribution in [3.63, 3.8) is 0 Å². The van der Waals surface area contributed by atoms with Gasteiger partial charge in [0.25, 0.3) is 0 Å². The molecule has 3 N–H and O–H groups in total. The van der Waals surface area contributed by atoms with Gasteiger partial charge in [-0.3, -0.25) is 4.18 Å². The van der Waals surface area contributed by atoms with Crippen molar-refractivity contribution in [2.75, 3.05) is 39.5 Å². The van der Waals surface area contributed by atoms with Crippen molar-refractivity contribution in [2.24, 2.45) is 5.92 Å². The van der Waals surface area contributed by atoms with Crippen LogP contribution >= 0.6 is 0 Å². The van der Waals surface area contributed by atoms with Gasteiger partial charge in [0, 0.05) is 0 Å². The maximum absolute atomic E-state index is 10.1. The van der Waals surface area contributed by atoms with Crippen molar-refractivity contribution in [3.05, 3.63) is 0 Å². The monoisotopic (exact) mass is 357 g/mol. The molecule has 0 aromatic heterocycles. The molecule has 0 aromatic carbocycles. The van der Waals surface area contributed by atoms with Gasteiger partial charge in [0.05, 0.1) is 6.61 Å². The normalized spacial score (nSPS) is 12.3. The van der Waals surface area contributed by atoms with E-state index >= 15 is 0 Å². The third-order valence-electron chi connectivity index (χ3n) is 3.11. The van der Waals surface area contributed by atoms with Gasteiger partial charge in [-0.1, -0.05) is 33.1 Å². The van der Waals surface area contributed by atoms with Crippen LogP contribution < -0.4 is 0 Å². The summed E-state index contributed by atoms with van der Waals surface area (Å²) < 4.78 is 36.3. The molecule has 8 nitrogen and oxygen atoms in total. The van der Waals surface area contributed by atoms with E-state index in [4.69, 9.17) is 15.3 Å². The van der Waals surface area contributed by atoms with Crippen LogP contribution in [0.1, 0.15) is 39.5 Å². The van der Waals surface area contributed by atoms with Gasteiger partial charge in [-0.25, -0.2) is 13.0 Å². The lowest BCUT2D eigenvalue weighted by atomic mass is 10.0. The highest BCUT2D eigenvalue weighted by Gasteiger charge is 2.07. The van der Waals surface area contributed by atoms with Crippen LogP contribution in [-0.2, 0) is 14.6 Å². The van der Waals surface area contributed by atoms with Crippen LogP contribution in [0.5, 0.6) is 0 Å². The van der Waals surface area contributed by atoms with E-state index in [0.29, 0.717) is 13.1 Å². The number of rotatable bonds is 12. The van der Waals surface area contributed by atoms with Gasteiger partial charge in [0.1, 0.15) is 19.8 Å². The molecule has 1 atom stereocenters. The van der Waals surface area contributed by atoms with Gasteiger partial charge in [-0.2, -0.15) is 0 Å². The van der Waals surface area contributed by atoms with Crippen LogP contribution in [-0.4, -0.2) is 78.6 Å². The third kappa shape index (κ3) is 19.4. The van der Waals surface area contributed by atoms with Crippen LogP contribution in [0.4, 0.5) is 0 Å². The number of aliphatic hydroxyl groups is 3. The van der Waals surface area contributed by atoms with Gasteiger partial charge >= 0.3 is 0 Å². The van der Waals surface area contributed by atoms with Crippen LogP contribution in [0.2, 0.25) is 0 Å². The quantitative estimate of drug-likeness (QED) is 0.190. The van der Waals surface area contributed by atoms with Crippen LogP contribution in [0.25, 0.3) is 0 Å². The maximum atomic E-state index is 10.1. The molecule has 0 rings (SSSR count). The fourth-order valence-electron chi connectivity index (χ4n) is 1.74. The average molecular weight is 357 g/mol. The van der Waals surface area contributed by atoms with Crippen molar-refractivity contribution in [2.45, 2.75) is 39.5 Å². The van der Waals surface area contributed by atoms with Gasteiger partial charge in [0.2, 0.25) is 10.4 Å². The fraction of sp³-hybridized carbons (Fsp3) is 0.929. The highest BCUT2D eigenvalue weighted by molar-refractivity contribution is 7.80. The molecule has 140 valence electrons. The van der Waals surface area contributed by atoms with E-state index in [1.165, 1.54) is 6.21 Å². The smallest absolute Gasteiger partial charge is 0.217 e. The predicted molar refractivity (Wildman–Crippen MR) is 86.3 cm³/mol. The molecule has 0 aliphatic heterocycles. The SMILES string of the molecule is CCCCC(CC)COS(=O)(=O)[O-].OCC=[N+](CCO)CCO. The van der Waals surface area contributed by atoms with Crippen LogP contribution in [0.3, 0.4) is 0 Å². The number of aliphatic hydroxyl groups excluding tert-OH is 3. The molecule has 0 spiro atoms. The van der Waals surface area contributed by atoms with E-state index in [9.17, 15) is 13.0 Å². The molecule has 0 saturated carbocycles. The number of hydrogen-bond acceptors (Lipinski definition) is 7. The summed E-state index contributed by atoms with van der Waals surface area (Å²) in [5.41, 5.74) is 0. The summed E-state index contributed by atoms with van der Waals surface area (Å²) in [5, 5.41) is 25.4. The van der Waals surface area contributed by atoms with Gasteiger partial charge < -0.3 is 19.9 Å². The maximum Gasteiger partial charge on any atom is 0.217 e. The van der Waals surface area contributed by atoms with Gasteiger partial charge in [0.15, 0.2) is 19.3 Å². The molecule has 0 radical (unpaired) electrons. The molecule has 9 heteroatoms. The molecular formula is C14H31NO7S. The number of nitrogens with zero attached hydrogens (tertiary/aromatic N) is 1. The average Bonchev–Trinajstić information content (AvgIpc) is 2.48. The zero-order valence-corrected chi connectivity index (χ0v) is 14.9. The molecule has 0 aromatic rings. The molecule has 0 saturated heterocycles. The standard InChI is InChI=1S/C8H18O4S.C6H14NO3/c1-3-5-6-8(4-2)7-12-13(9,10)11;8-4-1-7(2-5-9)3-6-10/h8H,3-7H2,1-2H3,(H,9,10,11);1,8-10H,2-6H2/q;+1/p-1. The predicted octanol–water partition coefficient (Wildman–Crippen LogP) is -0.274. The minimum absolute atomic E-state index is 0.0301. The van der Waals surface area contributed by atoms with E-state index in [1.807, 2.05) is 6.92 Å². The summed E-state index contributed by atoms with van der Waals surface area (Å²) >= 11 is 0. The molecular weight excluding hydrogens is 326 g/mol. The molecule has 23 heavy (non-hydrogen) atoms. The Morgan fingerprint density at radius 2 is 1.74 bits per heavy atom. The van der Waals surface area contributed by atoms with E-state index in [1.54, 1.807) is 4.58 Å². The van der Waals surface area contributed by atoms with Gasteiger partial charge in [-0.15, -0.1) is 0 Å². The van der Waals surface area contributed by atoms with E-state index in [2.05, 4.69) is 11.1 Å². The highest BCUT2D eigenvalue weighted by atomic mass is 32.3. The van der Waals surface area contributed by atoms with Crippen molar-refractivity contribution < 1.29 is 37.0 Å². The van der Waals surface area contributed by atoms with Crippen LogP contribution in [0, 0.1) is 5.92 Å². The minimum Gasteiger partial charge on any atom is -0.726 e. The van der Waals surface area contributed by atoms with Crippen molar-refractivity contribution in [1.29, 1.82) is 0 Å². The Morgan fingerprint density at radius 3 is 2.09 bits per heavy atom. The lowest BCUT2D eigenvalue weighted by Crippen LogP contribution is -2.22. The van der Waals surface area contributed by atoms with Crippen molar-refractivity contribution in [3.8, 4) is 0 Å². The Balaban J connectivity index is 0. The molecule has 0 amide bonds. The highest BCUT2D eigenvalue weighted by Crippen LogP contribution is 2.13. The zero-order valence-electron chi connectivity index (χ0n) is 14.1. The summed E-state index contributed by atoms with van der Waals surface area (Å²) in [4.78, 5) is 0. The van der Waals surface area contributed by atoms with E-state index in [0.717, 1.165) is 25.7 Å². The van der Waals surface area contributed by atoms with Crippen molar-refractivity contribution in [1.82, 2.24) is 0 Å². The second-order valence-corrected chi connectivity index (χ2v) is 6.01. The molecule has 0 heterocycles. The Labute approximate surface area is 139 Å². The number of hydrogen-bond donors (Lipinski definition) is 3. The molecule has 0 fully saturated rings. The summed E-state index contributed by atoms with van der Waals surface area (Å²) in [6.07, 6.45) is 5.41. The molecule has 0 aliphatic rings. The zero-order chi connectivity index (χ0) is 18.1. The first-order valence-electron chi connectivity index (χ1n) is 7.84. The molecule has 1 unspecified atom stereocenters. The summed E-state index contributed by atoms with van der Waals surface area (Å²) in [6.45, 7) is 5.00.